The van der Waals surface area contributed by atoms with Crippen molar-refractivity contribution in [3.63, 3.8) is 0 Å². The van der Waals surface area contributed by atoms with Crippen LogP contribution in [-0.2, 0) is 16.6 Å². The van der Waals surface area contributed by atoms with Gasteiger partial charge in [-0.1, -0.05) is 24.7 Å². The standard InChI is InChI=1S/C21H24N4O5S2/c1-4-6-13-23(3)32(29,30)17-10-7-15(8-11-17)20(26)22-21-24(5-2)18-14-16(25(27)28)9-12-19(18)31-21/h7-12,14H,4-6,13H2,1-3H3. The van der Waals surface area contributed by atoms with Crippen molar-refractivity contribution in [1.82, 2.24) is 8.87 Å². The van der Waals surface area contributed by atoms with Crippen molar-refractivity contribution in [2.75, 3.05) is 13.6 Å². The van der Waals surface area contributed by atoms with Crippen LogP contribution in [0.25, 0.3) is 10.2 Å². The lowest BCUT2D eigenvalue weighted by molar-refractivity contribution is -0.384. The SMILES string of the molecule is CCCCN(C)S(=O)(=O)c1ccc(C(=O)N=c2sc3ccc([N+](=O)[O-])cc3n2CC)cc1. The number of thiazole rings is 1. The number of sulfonamides is 1. The third-order valence-electron chi connectivity index (χ3n) is 5.03. The number of unbranched alkanes of at least 4 members (excludes halogenated alkanes) is 1. The first kappa shape index (κ1) is 23.8. The number of hydrogen-bond donors (Lipinski definition) is 0. The average molecular weight is 477 g/mol. The summed E-state index contributed by atoms with van der Waals surface area (Å²) in [6.07, 6.45) is 1.65. The second-order valence-corrected chi connectivity index (χ2v) is 10.2. The molecule has 0 radical (unpaired) electrons. The summed E-state index contributed by atoms with van der Waals surface area (Å²) in [5.41, 5.74) is 0.858. The number of carbonyl (C=O) groups excluding carboxylic acids is 1. The monoisotopic (exact) mass is 476 g/mol. The van der Waals surface area contributed by atoms with E-state index in [4.69, 9.17) is 0 Å². The summed E-state index contributed by atoms with van der Waals surface area (Å²) < 4.78 is 29.1. The number of nitro benzene ring substituents is 1. The fraction of sp³-hybridized carbons (Fsp3) is 0.333. The molecule has 0 unspecified atom stereocenters. The molecule has 11 heteroatoms. The van der Waals surface area contributed by atoms with Gasteiger partial charge in [0.05, 0.1) is 20.0 Å². The number of rotatable bonds is 8. The molecule has 0 saturated carbocycles. The van der Waals surface area contributed by atoms with Crippen molar-refractivity contribution >= 4 is 43.2 Å². The van der Waals surface area contributed by atoms with E-state index in [1.165, 1.54) is 59.1 Å². The highest BCUT2D eigenvalue weighted by Gasteiger charge is 2.20. The maximum Gasteiger partial charge on any atom is 0.279 e. The fourth-order valence-electron chi connectivity index (χ4n) is 3.16. The zero-order valence-corrected chi connectivity index (χ0v) is 19.6. The summed E-state index contributed by atoms with van der Waals surface area (Å²) in [5.74, 6) is -0.517. The van der Waals surface area contributed by atoms with Gasteiger partial charge in [-0.2, -0.15) is 4.99 Å². The predicted molar refractivity (Wildman–Crippen MR) is 123 cm³/mol. The Kier molecular flexibility index (Phi) is 7.22. The first-order valence-corrected chi connectivity index (χ1v) is 12.4. The Morgan fingerprint density at radius 3 is 2.47 bits per heavy atom. The molecule has 1 aromatic heterocycles. The highest BCUT2D eigenvalue weighted by molar-refractivity contribution is 7.89. The molecule has 1 amide bonds. The van der Waals surface area contributed by atoms with E-state index in [1.807, 2.05) is 13.8 Å². The van der Waals surface area contributed by atoms with Crippen LogP contribution < -0.4 is 4.80 Å². The molecule has 32 heavy (non-hydrogen) atoms. The number of amides is 1. The van der Waals surface area contributed by atoms with E-state index in [0.29, 0.717) is 23.4 Å². The van der Waals surface area contributed by atoms with Gasteiger partial charge in [-0.25, -0.2) is 12.7 Å². The van der Waals surface area contributed by atoms with Crippen LogP contribution in [0.4, 0.5) is 5.69 Å². The van der Waals surface area contributed by atoms with Crippen molar-refractivity contribution in [2.24, 2.45) is 4.99 Å². The summed E-state index contributed by atoms with van der Waals surface area (Å²) in [5, 5.41) is 11.1. The predicted octanol–water partition coefficient (Wildman–Crippen LogP) is 3.79. The second kappa shape index (κ2) is 9.72. The average Bonchev–Trinajstić information content (AvgIpc) is 3.13. The number of carbonyl (C=O) groups is 1. The number of fused-ring (bicyclic) bond motifs is 1. The number of nitro groups is 1. The summed E-state index contributed by atoms with van der Waals surface area (Å²) >= 11 is 1.26. The maximum absolute atomic E-state index is 12.7. The van der Waals surface area contributed by atoms with E-state index in [2.05, 4.69) is 4.99 Å². The highest BCUT2D eigenvalue weighted by atomic mass is 32.2. The quantitative estimate of drug-likeness (QED) is 0.362. The molecule has 0 aliphatic rings. The van der Waals surface area contributed by atoms with E-state index >= 15 is 0 Å². The molecule has 170 valence electrons. The normalized spacial score (nSPS) is 12.6. The van der Waals surface area contributed by atoms with Gasteiger partial charge in [0, 0.05) is 37.8 Å². The van der Waals surface area contributed by atoms with Gasteiger partial charge in [-0.15, -0.1) is 0 Å². The molecule has 0 fully saturated rings. The Morgan fingerprint density at radius 2 is 1.88 bits per heavy atom. The number of hydrogen-bond acceptors (Lipinski definition) is 6. The Morgan fingerprint density at radius 1 is 1.19 bits per heavy atom. The van der Waals surface area contributed by atoms with Gasteiger partial charge in [-0.3, -0.25) is 14.9 Å². The molecule has 2 aromatic carbocycles. The molecule has 1 heterocycles. The Hall–Kier alpha value is -2.89. The van der Waals surface area contributed by atoms with Crippen LogP contribution in [0, 0.1) is 10.1 Å². The molecular weight excluding hydrogens is 452 g/mol. The van der Waals surface area contributed by atoms with Crippen LogP contribution in [0.15, 0.2) is 52.4 Å². The van der Waals surface area contributed by atoms with E-state index < -0.39 is 20.9 Å². The van der Waals surface area contributed by atoms with Crippen molar-refractivity contribution in [3.8, 4) is 0 Å². The molecule has 9 nitrogen and oxygen atoms in total. The van der Waals surface area contributed by atoms with Gasteiger partial charge in [-0.05, 0) is 43.7 Å². The number of nitrogens with zero attached hydrogens (tertiary/aromatic N) is 4. The number of benzene rings is 2. The first-order chi connectivity index (χ1) is 15.2. The minimum Gasteiger partial charge on any atom is -0.316 e. The lowest BCUT2D eigenvalue weighted by Gasteiger charge is -2.16. The Bertz CT molecular complexity index is 1320. The van der Waals surface area contributed by atoms with Crippen molar-refractivity contribution in [3.05, 3.63) is 62.9 Å². The molecule has 0 aliphatic carbocycles. The third-order valence-corrected chi connectivity index (χ3v) is 7.96. The minimum atomic E-state index is -3.62. The van der Waals surface area contributed by atoms with Crippen LogP contribution >= 0.6 is 11.3 Å². The van der Waals surface area contributed by atoms with Gasteiger partial charge in [0.25, 0.3) is 11.6 Å². The van der Waals surface area contributed by atoms with E-state index in [1.54, 1.807) is 10.6 Å². The molecule has 3 aromatic rings. The molecular formula is C21H24N4O5S2. The van der Waals surface area contributed by atoms with Crippen LogP contribution in [-0.4, -0.2) is 41.7 Å². The van der Waals surface area contributed by atoms with Crippen molar-refractivity contribution < 1.29 is 18.1 Å². The fourth-order valence-corrected chi connectivity index (χ4v) is 5.45. The Labute approximate surface area is 189 Å². The Balaban J connectivity index is 1.93. The number of aromatic nitrogens is 1. The van der Waals surface area contributed by atoms with Crippen molar-refractivity contribution in [1.29, 1.82) is 0 Å². The molecule has 0 atom stereocenters. The lowest BCUT2D eigenvalue weighted by Crippen LogP contribution is -2.27. The smallest absolute Gasteiger partial charge is 0.279 e. The second-order valence-electron chi connectivity index (χ2n) is 7.16. The van der Waals surface area contributed by atoms with Crippen molar-refractivity contribution in [2.45, 2.75) is 38.1 Å². The summed E-state index contributed by atoms with van der Waals surface area (Å²) in [4.78, 5) is 28.1. The zero-order valence-electron chi connectivity index (χ0n) is 18.0. The van der Waals surface area contributed by atoms with E-state index in [9.17, 15) is 23.3 Å². The largest absolute Gasteiger partial charge is 0.316 e. The van der Waals surface area contributed by atoms with Crippen LogP contribution in [0.1, 0.15) is 37.0 Å². The zero-order chi connectivity index (χ0) is 23.5. The summed E-state index contributed by atoms with van der Waals surface area (Å²) in [7, 11) is -2.08. The number of aryl methyl sites for hydroxylation is 1. The van der Waals surface area contributed by atoms with Gasteiger partial charge in [0.15, 0.2) is 4.80 Å². The highest BCUT2D eigenvalue weighted by Crippen LogP contribution is 2.23. The molecule has 0 N–H and O–H groups in total. The lowest BCUT2D eigenvalue weighted by atomic mass is 10.2. The molecule has 0 bridgehead atoms. The molecule has 0 aliphatic heterocycles. The maximum atomic E-state index is 12.7. The van der Waals surface area contributed by atoms with Gasteiger partial charge in [0.1, 0.15) is 0 Å². The van der Waals surface area contributed by atoms with Gasteiger partial charge < -0.3 is 4.57 Å². The summed E-state index contributed by atoms with van der Waals surface area (Å²) in [6, 6.07) is 10.2. The van der Waals surface area contributed by atoms with Crippen LogP contribution in [0.2, 0.25) is 0 Å². The van der Waals surface area contributed by atoms with Gasteiger partial charge in [0.2, 0.25) is 10.0 Å². The third kappa shape index (κ3) is 4.79. The van der Waals surface area contributed by atoms with Crippen LogP contribution in [0.5, 0.6) is 0 Å². The first-order valence-electron chi connectivity index (χ1n) is 10.1. The van der Waals surface area contributed by atoms with E-state index in [-0.39, 0.29) is 16.1 Å². The molecule has 0 saturated heterocycles. The summed E-state index contributed by atoms with van der Waals surface area (Å²) in [6.45, 7) is 4.76. The minimum absolute atomic E-state index is 0.0314. The number of non-ortho nitro benzene ring substituents is 1. The molecule has 0 spiro atoms. The van der Waals surface area contributed by atoms with E-state index in [0.717, 1.165) is 17.5 Å². The van der Waals surface area contributed by atoms with Crippen LogP contribution in [0.3, 0.4) is 0 Å². The molecule has 3 rings (SSSR count). The van der Waals surface area contributed by atoms with Gasteiger partial charge >= 0.3 is 0 Å². The topological polar surface area (TPSA) is 115 Å².